The van der Waals surface area contributed by atoms with Crippen molar-refractivity contribution in [1.82, 2.24) is 0 Å². The first-order valence-electron chi connectivity index (χ1n) is 7.49. The zero-order valence-electron chi connectivity index (χ0n) is 14.4. The van der Waals surface area contributed by atoms with Crippen molar-refractivity contribution < 1.29 is 17.3 Å². The van der Waals surface area contributed by atoms with Crippen molar-refractivity contribution in [2.24, 2.45) is 5.14 Å². The molecule has 0 heterocycles. The van der Waals surface area contributed by atoms with Crippen molar-refractivity contribution in [1.29, 1.82) is 0 Å². The van der Waals surface area contributed by atoms with Crippen LogP contribution in [0.4, 0.5) is 5.69 Å². The van der Waals surface area contributed by atoms with Crippen LogP contribution < -0.4 is 9.86 Å². The van der Waals surface area contributed by atoms with Gasteiger partial charge in [-0.1, -0.05) is 41.9 Å². The first-order valence-corrected chi connectivity index (χ1v) is 11.2. The molecule has 0 spiro atoms. The zero-order valence-corrected chi connectivity index (χ0v) is 16.8. The SMILES string of the molecule is COCS(N)(OC)c1ccccc1NS(=O)(=O)/C=C/c1ccccc1Cl. The third kappa shape index (κ3) is 5.23. The molecule has 0 saturated carbocycles. The Balaban J connectivity index is 2.32. The van der Waals surface area contributed by atoms with Crippen LogP contribution in [0.25, 0.3) is 6.08 Å². The summed E-state index contributed by atoms with van der Waals surface area (Å²) in [5.74, 6) is 0.137. The van der Waals surface area contributed by atoms with Gasteiger partial charge in [0.05, 0.1) is 23.1 Å². The normalized spacial score (nSPS) is 15.5. The lowest BCUT2D eigenvalue weighted by molar-refractivity contribution is 0.245. The predicted octanol–water partition coefficient (Wildman–Crippen LogP) is 3.96. The second kappa shape index (κ2) is 8.90. The van der Waals surface area contributed by atoms with Gasteiger partial charge in [-0.05, 0) is 40.3 Å². The molecule has 0 bridgehead atoms. The zero-order chi connectivity index (χ0) is 19.2. The lowest BCUT2D eigenvalue weighted by atomic mass is 10.2. The van der Waals surface area contributed by atoms with Crippen LogP contribution in [-0.2, 0) is 18.9 Å². The topological polar surface area (TPSA) is 90.7 Å². The van der Waals surface area contributed by atoms with Gasteiger partial charge in [0.1, 0.15) is 5.94 Å². The Labute approximate surface area is 160 Å². The summed E-state index contributed by atoms with van der Waals surface area (Å²) in [5, 5.41) is 7.82. The molecular weight excluding hydrogens is 396 g/mol. The van der Waals surface area contributed by atoms with Gasteiger partial charge in [-0.25, -0.2) is 8.42 Å². The fraction of sp³-hybridized carbons (Fsp3) is 0.176. The number of anilines is 1. The number of para-hydroxylation sites is 1. The van der Waals surface area contributed by atoms with E-state index in [0.29, 0.717) is 21.2 Å². The molecule has 6 nitrogen and oxygen atoms in total. The van der Waals surface area contributed by atoms with Crippen LogP contribution >= 0.6 is 22.1 Å². The Bertz CT molecular complexity index is 890. The molecule has 1 atom stereocenters. The second-order valence-electron chi connectivity index (χ2n) is 5.27. The van der Waals surface area contributed by atoms with Crippen molar-refractivity contribution in [3.8, 4) is 0 Å². The van der Waals surface area contributed by atoms with E-state index < -0.39 is 20.5 Å². The van der Waals surface area contributed by atoms with Crippen molar-refractivity contribution in [2.75, 3.05) is 24.9 Å². The highest BCUT2D eigenvalue weighted by atomic mass is 35.5. The summed E-state index contributed by atoms with van der Waals surface area (Å²) in [7, 11) is -3.08. The molecule has 0 radical (unpaired) electrons. The van der Waals surface area contributed by atoms with Crippen LogP contribution in [0.1, 0.15) is 5.56 Å². The number of hydrogen-bond donors (Lipinski definition) is 2. The van der Waals surface area contributed by atoms with Crippen molar-refractivity contribution in [2.45, 2.75) is 4.90 Å². The molecular formula is C17H21ClN2O4S2. The number of ether oxygens (including phenoxy) is 1. The average molecular weight is 417 g/mol. The summed E-state index contributed by atoms with van der Waals surface area (Å²) in [6.07, 6.45) is 1.43. The van der Waals surface area contributed by atoms with Gasteiger partial charge < -0.3 is 8.92 Å². The van der Waals surface area contributed by atoms with Crippen LogP contribution in [-0.4, -0.2) is 28.6 Å². The molecule has 2 aromatic rings. The summed E-state index contributed by atoms with van der Waals surface area (Å²) < 4.78 is 38.0. The molecule has 2 rings (SSSR count). The van der Waals surface area contributed by atoms with Crippen LogP contribution in [0.15, 0.2) is 58.8 Å². The molecule has 0 saturated heterocycles. The van der Waals surface area contributed by atoms with Gasteiger partial charge in [0.15, 0.2) is 0 Å². The molecule has 0 aliphatic heterocycles. The van der Waals surface area contributed by atoms with Crippen molar-refractivity contribution in [3.05, 3.63) is 64.5 Å². The maximum absolute atomic E-state index is 12.5. The fourth-order valence-corrected chi connectivity index (χ4v) is 4.88. The molecule has 0 aromatic heterocycles. The van der Waals surface area contributed by atoms with Gasteiger partial charge >= 0.3 is 0 Å². The molecule has 3 N–H and O–H groups in total. The maximum Gasteiger partial charge on any atom is 0.255 e. The summed E-state index contributed by atoms with van der Waals surface area (Å²) in [6.45, 7) is 0. The minimum absolute atomic E-state index is 0.137. The third-order valence-electron chi connectivity index (χ3n) is 3.43. The fourth-order valence-electron chi connectivity index (χ4n) is 2.19. The first-order chi connectivity index (χ1) is 12.3. The van der Waals surface area contributed by atoms with E-state index in [4.69, 9.17) is 25.7 Å². The molecule has 9 heteroatoms. The van der Waals surface area contributed by atoms with E-state index in [1.165, 1.54) is 20.3 Å². The van der Waals surface area contributed by atoms with E-state index in [-0.39, 0.29) is 5.94 Å². The van der Waals surface area contributed by atoms with Crippen molar-refractivity contribution >= 4 is 43.9 Å². The Morgan fingerprint density at radius 1 is 1.12 bits per heavy atom. The van der Waals surface area contributed by atoms with Crippen LogP contribution in [0, 0.1) is 0 Å². The third-order valence-corrected chi connectivity index (χ3v) is 7.06. The average Bonchev–Trinajstić information content (AvgIpc) is 2.61. The van der Waals surface area contributed by atoms with Gasteiger partial charge in [0.2, 0.25) is 0 Å². The Kier molecular flexibility index (Phi) is 7.10. The van der Waals surface area contributed by atoms with E-state index >= 15 is 0 Å². The molecule has 1 unspecified atom stereocenters. The number of rotatable bonds is 8. The maximum atomic E-state index is 12.5. The summed E-state index contributed by atoms with van der Waals surface area (Å²) in [4.78, 5) is 0.541. The number of nitrogens with one attached hydrogen (secondary N) is 1. The largest absolute Gasteiger partial charge is 0.372 e. The lowest BCUT2D eigenvalue weighted by Crippen LogP contribution is -2.20. The predicted molar refractivity (Wildman–Crippen MR) is 108 cm³/mol. The first kappa shape index (κ1) is 20.8. The number of halogens is 1. The lowest BCUT2D eigenvalue weighted by Gasteiger charge is -2.34. The summed E-state index contributed by atoms with van der Waals surface area (Å²) >= 11 is 6.04. The summed E-state index contributed by atoms with van der Waals surface area (Å²) in [6, 6.07) is 13.8. The molecule has 0 aliphatic rings. The smallest absolute Gasteiger partial charge is 0.255 e. The van der Waals surface area contributed by atoms with E-state index in [0.717, 1.165) is 5.41 Å². The van der Waals surface area contributed by atoms with Crippen molar-refractivity contribution in [3.63, 3.8) is 0 Å². The van der Waals surface area contributed by atoms with E-state index in [1.807, 2.05) is 0 Å². The van der Waals surface area contributed by atoms with E-state index in [1.54, 1.807) is 48.5 Å². The molecule has 2 aromatic carbocycles. The quantitative estimate of drug-likeness (QED) is 0.679. The van der Waals surface area contributed by atoms with Gasteiger partial charge in [0.25, 0.3) is 10.0 Å². The monoisotopic (exact) mass is 416 g/mol. The number of methoxy groups -OCH3 is 1. The number of nitrogens with two attached hydrogens (primary N) is 1. The molecule has 26 heavy (non-hydrogen) atoms. The second-order valence-corrected chi connectivity index (χ2v) is 9.70. The number of benzene rings is 2. The summed E-state index contributed by atoms with van der Waals surface area (Å²) in [5.41, 5.74) is 0.940. The standard InChI is InChI=1S/C17H21ClN2O4S2/c1-23-13-25(19,24-2)17-10-6-5-9-16(17)20-26(21,22)12-11-14-7-3-4-8-15(14)18/h3-12,20H,13,19H2,1-2H3/b12-11+. The highest BCUT2D eigenvalue weighted by Gasteiger charge is 2.25. The minimum atomic E-state index is -3.78. The Morgan fingerprint density at radius 3 is 2.42 bits per heavy atom. The van der Waals surface area contributed by atoms with Crippen LogP contribution in [0.3, 0.4) is 0 Å². The number of hydrogen-bond acceptors (Lipinski definition) is 5. The van der Waals surface area contributed by atoms with Gasteiger partial charge in [-0.3, -0.25) is 9.86 Å². The molecule has 0 amide bonds. The molecule has 0 fully saturated rings. The van der Waals surface area contributed by atoms with Gasteiger partial charge in [-0.15, -0.1) is 0 Å². The number of sulfonamides is 1. The Hall–Kier alpha value is -1.55. The van der Waals surface area contributed by atoms with Gasteiger partial charge in [0, 0.05) is 12.1 Å². The van der Waals surface area contributed by atoms with Gasteiger partial charge in [-0.2, -0.15) is 0 Å². The van der Waals surface area contributed by atoms with Crippen LogP contribution in [0.2, 0.25) is 5.02 Å². The molecule has 142 valence electrons. The Morgan fingerprint density at radius 2 is 1.77 bits per heavy atom. The highest BCUT2D eigenvalue weighted by Crippen LogP contribution is 2.52. The van der Waals surface area contributed by atoms with Crippen LogP contribution in [0.5, 0.6) is 0 Å². The minimum Gasteiger partial charge on any atom is -0.372 e. The highest BCUT2D eigenvalue weighted by molar-refractivity contribution is 8.28. The van der Waals surface area contributed by atoms with E-state index in [9.17, 15) is 8.42 Å². The van der Waals surface area contributed by atoms with E-state index in [2.05, 4.69) is 4.72 Å². The molecule has 0 aliphatic carbocycles.